The number of rotatable bonds is 7. The van der Waals surface area contributed by atoms with E-state index < -0.39 is 0 Å². The molecule has 0 saturated heterocycles. The van der Waals surface area contributed by atoms with Gasteiger partial charge in [0.25, 0.3) is 0 Å². The molecule has 1 rings (SSSR count). The van der Waals surface area contributed by atoms with Gasteiger partial charge < -0.3 is 14.8 Å². The summed E-state index contributed by atoms with van der Waals surface area (Å²) >= 11 is 0. The van der Waals surface area contributed by atoms with Gasteiger partial charge in [0.05, 0.1) is 20.6 Å². The SMILES string of the molecule is COC(=O)CCNC(=O)CCc1ccccc1OC. The zero-order chi connectivity index (χ0) is 14.1. The van der Waals surface area contributed by atoms with Crippen LogP contribution in [0.15, 0.2) is 24.3 Å². The summed E-state index contributed by atoms with van der Waals surface area (Å²) < 4.78 is 9.70. The minimum Gasteiger partial charge on any atom is -0.496 e. The van der Waals surface area contributed by atoms with Crippen molar-refractivity contribution in [1.29, 1.82) is 0 Å². The lowest BCUT2D eigenvalue weighted by atomic mass is 10.1. The van der Waals surface area contributed by atoms with E-state index in [1.54, 1.807) is 7.11 Å². The number of hydrogen-bond donors (Lipinski definition) is 1. The van der Waals surface area contributed by atoms with E-state index in [9.17, 15) is 9.59 Å². The third-order valence-corrected chi connectivity index (χ3v) is 2.69. The van der Waals surface area contributed by atoms with Crippen molar-refractivity contribution in [3.63, 3.8) is 0 Å². The average Bonchev–Trinajstić information content (AvgIpc) is 2.45. The van der Waals surface area contributed by atoms with Crippen molar-refractivity contribution >= 4 is 11.9 Å². The second-order valence-electron chi connectivity index (χ2n) is 3.99. The number of methoxy groups -OCH3 is 2. The van der Waals surface area contributed by atoms with Gasteiger partial charge in [0.1, 0.15) is 5.75 Å². The number of hydrogen-bond acceptors (Lipinski definition) is 4. The Morgan fingerprint density at radius 1 is 1.16 bits per heavy atom. The van der Waals surface area contributed by atoms with E-state index in [2.05, 4.69) is 10.1 Å². The Hall–Kier alpha value is -2.04. The van der Waals surface area contributed by atoms with Gasteiger partial charge in [-0.15, -0.1) is 0 Å². The summed E-state index contributed by atoms with van der Waals surface area (Å²) in [5.74, 6) is 0.365. The highest BCUT2D eigenvalue weighted by Gasteiger charge is 2.07. The Balaban J connectivity index is 2.32. The molecule has 0 spiro atoms. The van der Waals surface area contributed by atoms with Crippen LogP contribution in [0.4, 0.5) is 0 Å². The number of benzene rings is 1. The van der Waals surface area contributed by atoms with Crippen LogP contribution in [-0.4, -0.2) is 32.6 Å². The predicted octanol–water partition coefficient (Wildman–Crippen LogP) is 1.31. The standard InChI is InChI=1S/C14H19NO4/c1-18-12-6-4-3-5-11(12)7-8-13(16)15-10-9-14(17)19-2/h3-6H,7-10H2,1-2H3,(H,15,16). The first-order valence-electron chi connectivity index (χ1n) is 6.12. The summed E-state index contributed by atoms with van der Waals surface area (Å²) in [6.45, 7) is 0.303. The first-order valence-corrected chi connectivity index (χ1v) is 6.12. The lowest BCUT2D eigenvalue weighted by molar-refractivity contribution is -0.140. The van der Waals surface area contributed by atoms with Gasteiger partial charge in [0, 0.05) is 13.0 Å². The fourth-order valence-corrected chi connectivity index (χ4v) is 1.65. The molecule has 1 amide bonds. The van der Waals surface area contributed by atoms with Gasteiger partial charge in [-0.25, -0.2) is 0 Å². The molecule has 0 aromatic heterocycles. The Morgan fingerprint density at radius 2 is 1.89 bits per heavy atom. The van der Waals surface area contributed by atoms with Crippen molar-refractivity contribution in [3.05, 3.63) is 29.8 Å². The van der Waals surface area contributed by atoms with Crippen LogP contribution in [0.2, 0.25) is 0 Å². The molecule has 0 fully saturated rings. The molecule has 0 saturated carbocycles. The summed E-state index contributed by atoms with van der Waals surface area (Å²) in [4.78, 5) is 22.4. The van der Waals surface area contributed by atoms with E-state index in [0.29, 0.717) is 19.4 Å². The van der Waals surface area contributed by atoms with E-state index in [1.165, 1.54) is 7.11 Å². The second kappa shape index (κ2) is 8.13. The van der Waals surface area contributed by atoms with Crippen LogP contribution in [0.1, 0.15) is 18.4 Å². The van der Waals surface area contributed by atoms with E-state index >= 15 is 0 Å². The van der Waals surface area contributed by atoms with Crippen LogP contribution in [0.25, 0.3) is 0 Å². The minimum absolute atomic E-state index is 0.0881. The summed E-state index contributed by atoms with van der Waals surface area (Å²) in [7, 11) is 2.93. The van der Waals surface area contributed by atoms with Crippen LogP contribution in [0, 0.1) is 0 Å². The smallest absolute Gasteiger partial charge is 0.307 e. The highest BCUT2D eigenvalue weighted by atomic mass is 16.5. The van der Waals surface area contributed by atoms with E-state index in [-0.39, 0.29) is 18.3 Å². The molecular weight excluding hydrogens is 246 g/mol. The summed E-state index contributed by atoms with van der Waals surface area (Å²) in [5.41, 5.74) is 0.994. The second-order valence-corrected chi connectivity index (χ2v) is 3.99. The van der Waals surface area contributed by atoms with E-state index in [4.69, 9.17) is 4.74 Å². The van der Waals surface area contributed by atoms with Crippen molar-refractivity contribution in [2.75, 3.05) is 20.8 Å². The number of para-hydroxylation sites is 1. The molecule has 5 heteroatoms. The molecule has 19 heavy (non-hydrogen) atoms. The van der Waals surface area contributed by atoms with Gasteiger partial charge in [-0.05, 0) is 18.1 Å². The summed E-state index contributed by atoms with van der Waals surface area (Å²) in [5, 5.41) is 2.68. The molecule has 1 N–H and O–H groups in total. The predicted molar refractivity (Wildman–Crippen MR) is 71.0 cm³/mol. The maximum Gasteiger partial charge on any atom is 0.307 e. The Bertz CT molecular complexity index is 431. The highest BCUT2D eigenvalue weighted by Crippen LogP contribution is 2.18. The van der Waals surface area contributed by atoms with E-state index in [1.807, 2.05) is 24.3 Å². The molecule has 0 aliphatic rings. The van der Waals surface area contributed by atoms with Crippen LogP contribution in [0.5, 0.6) is 5.75 Å². The minimum atomic E-state index is -0.329. The summed E-state index contributed by atoms with van der Waals surface area (Å²) in [6, 6.07) is 7.59. The molecule has 0 atom stereocenters. The monoisotopic (exact) mass is 265 g/mol. The highest BCUT2D eigenvalue weighted by molar-refractivity contribution is 5.77. The third kappa shape index (κ3) is 5.42. The molecule has 0 aliphatic heterocycles. The number of aryl methyl sites for hydroxylation is 1. The first kappa shape index (κ1) is 15.0. The average molecular weight is 265 g/mol. The zero-order valence-corrected chi connectivity index (χ0v) is 11.3. The third-order valence-electron chi connectivity index (χ3n) is 2.69. The van der Waals surface area contributed by atoms with Gasteiger partial charge in [0.15, 0.2) is 0 Å². The number of carbonyl (C=O) groups is 2. The normalized spacial score (nSPS) is 9.79. The number of amides is 1. The van der Waals surface area contributed by atoms with E-state index in [0.717, 1.165) is 11.3 Å². The fraction of sp³-hybridized carbons (Fsp3) is 0.429. The Morgan fingerprint density at radius 3 is 2.58 bits per heavy atom. The van der Waals surface area contributed by atoms with Gasteiger partial charge in [0.2, 0.25) is 5.91 Å². The van der Waals surface area contributed by atoms with Gasteiger partial charge >= 0.3 is 5.97 Å². The van der Waals surface area contributed by atoms with Crippen molar-refractivity contribution < 1.29 is 19.1 Å². The zero-order valence-electron chi connectivity index (χ0n) is 11.3. The van der Waals surface area contributed by atoms with Crippen LogP contribution >= 0.6 is 0 Å². The van der Waals surface area contributed by atoms with Crippen LogP contribution in [0.3, 0.4) is 0 Å². The Labute approximate surface area is 112 Å². The lowest BCUT2D eigenvalue weighted by Gasteiger charge is -2.08. The van der Waals surface area contributed by atoms with Gasteiger partial charge in [-0.1, -0.05) is 18.2 Å². The quantitative estimate of drug-likeness (QED) is 0.755. The molecule has 1 aromatic rings. The molecule has 104 valence electrons. The molecule has 0 aliphatic carbocycles. The molecule has 0 unspecified atom stereocenters. The summed E-state index contributed by atoms with van der Waals surface area (Å²) in [6.07, 6.45) is 1.16. The Kier molecular flexibility index (Phi) is 6.43. The molecule has 1 aromatic carbocycles. The molecule has 0 bridgehead atoms. The lowest BCUT2D eigenvalue weighted by Crippen LogP contribution is -2.26. The maximum absolute atomic E-state index is 11.6. The fourth-order valence-electron chi connectivity index (χ4n) is 1.65. The van der Waals surface area contributed by atoms with Gasteiger partial charge in [-0.3, -0.25) is 9.59 Å². The largest absolute Gasteiger partial charge is 0.496 e. The maximum atomic E-state index is 11.6. The van der Waals surface area contributed by atoms with Crippen molar-refractivity contribution in [2.45, 2.75) is 19.3 Å². The topological polar surface area (TPSA) is 64.6 Å². The first-order chi connectivity index (χ1) is 9.17. The van der Waals surface area contributed by atoms with Gasteiger partial charge in [-0.2, -0.15) is 0 Å². The van der Waals surface area contributed by atoms with Crippen molar-refractivity contribution in [1.82, 2.24) is 5.32 Å². The number of esters is 1. The van der Waals surface area contributed by atoms with Crippen molar-refractivity contribution in [2.24, 2.45) is 0 Å². The van der Waals surface area contributed by atoms with Crippen molar-refractivity contribution in [3.8, 4) is 5.75 Å². The number of carbonyl (C=O) groups excluding carboxylic acids is 2. The molecule has 0 heterocycles. The van der Waals surface area contributed by atoms with Crippen LogP contribution < -0.4 is 10.1 Å². The molecule has 0 radical (unpaired) electrons. The number of nitrogens with one attached hydrogen (secondary N) is 1. The molecule has 5 nitrogen and oxygen atoms in total. The number of ether oxygens (including phenoxy) is 2. The molecular formula is C14H19NO4. The van der Waals surface area contributed by atoms with Crippen LogP contribution in [-0.2, 0) is 20.7 Å².